The van der Waals surface area contributed by atoms with E-state index in [0.29, 0.717) is 0 Å². The minimum Gasteiger partial charge on any atom is -0.130 e. The summed E-state index contributed by atoms with van der Waals surface area (Å²) in [7, 11) is 0. The van der Waals surface area contributed by atoms with Crippen molar-refractivity contribution in [1.29, 1.82) is 0 Å². The highest BCUT2D eigenvalue weighted by Gasteiger charge is 2.36. The third-order valence-electron chi connectivity index (χ3n) is 3.52. The molecule has 1 unspecified atom stereocenters. The Balaban J connectivity index is 2.20. The van der Waals surface area contributed by atoms with E-state index in [1.54, 1.807) is 11.3 Å². The van der Waals surface area contributed by atoms with Crippen molar-refractivity contribution in [3.63, 3.8) is 0 Å². The lowest BCUT2D eigenvalue weighted by atomic mass is 9.73. The van der Waals surface area contributed by atoms with Crippen molar-refractivity contribution in [2.75, 3.05) is 0 Å². The van der Waals surface area contributed by atoms with Gasteiger partial charge in [0.05, 0.1) is 14.2 Å². The summed E-state index contributed by atoms with van der Waals surface area (Å²) in [5.41, 5.74) is 0.243. The second-order valence-electron chi connectivity index (χ2n) is 4.85. The summed E-state index contributed by atoms with van der Waals surface area (Å²) in [5, 5.41) is 0.881. The van der Waals surface area contributed by atoms with Crippen molar-refractivity contribution in [2.24, 2.45) is 5.41 Å². The summed E-state index contributed by atoms with van der Waals surface area (Å²) in [6.07, 6.45) is 6.43. The Kier molecular flexibility index (Phi) is 4.27. The smallest absolute Gasteiger partial charge is 0.0887 e. The van der Waals surface area contributed by atoms with Crippen molar-refractivity contribution in [1.82, 2.24) is 0 Å². The van der Waals surface area contributed by atoms with Crippen LogP contribution in [-0.4, -0.2) is 0 Å². The Morgan fingerprint density at radius 1 is 1.38 bits per heavy atom. The molecule has 1 aliphatic rings. The first-order chi connectivity index (χ1) is 7.53. The second-order valence-corrected chi connectivity index (χ2v) is 8.09. The zero-order valence-electron chi connectivity index (χ0n) is 9.23. The maximum atomic E-state index is 6.64. The highest BCUT2D eigenvalue weighted by Crippen LogP contribution is 2.51. The number of thiophene rings is 1. The zero-order valence-corrected chi connectivity index (χ0v) is 13.1. The average Bonchev–Trinajstić information content (AvgIpc) is 2.59. The molecule has 4 heteroatoms. The number of rotatable bonds is 2. The van der Waals surface area contributed by atoms with Gasteiger partial charge in [-0.25, -0.2) is 0 Å². The zero-order chi connectivity index (χ0) is 11.8. The number of hydrogen-bond donors (Lipinski definition) is 0. The quantitative estimate of drug-likeness (QED) is 0.545. The summed E-state index contributed by atoms with van der Waals surface area (Å²) < 4.78 is 0.995. The third-order valence-corrected chi connectivity index (χ3v) is 6.95. The minimum atomic E-state index is 0.0987. The molecule has 1 aromatic rings. The first-order valence-corrected chi connectivity index (χ1v) is 8.04. The highest BCUT2D eigenvalue weighted by atomic mass is 79.9. The van der Waals surface area contributed by atoms with Crippen molar-refractivity contribution < 1.29 is 0 Å². The van der Waals surface area contributed by atoms with Crippen LogP contribution in [0.5, 0.6) is 0 Å². The van der Waals surface area contributed by atoms with Crippen LogP contribution in [0.3, 0.4) is 0 Å². The minimum absolute atomic E-state index is 0.0987. The Morgan fingerprint density at radius 2 is 2.00 bits per heavy atom. The van der Waals surface area contributed by atoms with Crippen LogP contribution in [0.15, 0.2) is 9.85 Å². The number of alkyl halides is 1. The van der Waals surface area contributed by atoms with Gasteiger partial charge in [-0.3, -0.25) is 0 Å². The Hall–Kier alpha value is 0.760. The largest absolute Gasteiger partial charge is 0.130 e. The van der Waals surface area contributed by atoms with Crippen LogP contribution in [0, 0.1) is 5.41 Å². The van der Waals surface area contributed by atoms with E-state index in [2.05, 4.69) is 22.9 Å². The standard InChI is InChI=1S/C12H15BrCl2S/c1-12(5-3-2-4-6-12)10(15)9-7-8(14)11(13)16-9/h7,10H,2-6H2,1H3. The Bertz CT molecular complexity index is 350. The molecule has 0 saturated heterocycles. The van der Waals surface area contributed by atoms with Gasteiger partial charge < -0.3 is 0 Å². The molecular weight excluding hydrogens is 327 g/mol. The van der Waals surface area contributed by atoms with Crippen LogP contribution in [0.2, 0.25) is 5.02 Å². The third kappa shape index (κ3) is 2.60. The van der Waals surface area contributed by atoms with Crippen molar-refractivity contribution in [3.8, 4) is 0 Å². The first kappa shape index (κ1) is 13.2. The normalized spacial score (nSPS) is 22.0. The molecule has 0 amide bonds. The van der Waals surface area contributed by atoms with Crippen LogP contribution < -0.4 is 0 Å². The van der Waals surface area contributed by atoms with Crippen molar-refractivity contribution >= 4 is 50.5 Å². The number of hydrogen-bond acceptors (Lipinski definition) is 1. The summed E-state index contributed by atoms with van der Waals surface area (Å²) in [6.45, 7) is 2.31. The number of halogens is 3. The SMILES string of the molecule is CC1(C(Cl)c2cc(Cl)c(Br)s2)CCCCC1. The molecule has 0 spiro atoms. The van der Waals surface area contributed by atoms with Gasteiger partial charge in [-0.15, -0.1) is 22.9 Å². The van der Waals surface area contributed by atoms with Gasteiger partial charge in [-0.1, -0.05) is 37.8 Å². The van der Waals surface area contributed by atoms with Crippen LogP contribution in [0.4, 0.5) is 0 Å². The van der Waals surface area contributed by atoms with E-state index >= 15 is 0 Å². The maximum absolute atomic E-state index is 6.64. The van der Waals surface area contributed by atoms with Crippen LogP contribution in [0.25, 0.3) is 0 Å². The van der Waals surface area contributed by atoms with Crippen LogP contribution >= 0.6 is 50.5 Å². The van der Waals surface area contributed by atoms with Crippen LogP contribution in [-0.2, 0) is 0 Å². The van der Waals surface area contributed by atoms with E-state index in [1.807, 2.05) is 6.07 Å². The lowest BCUT2D eigenvalue weighted by Crippen LogP contribution is -2.24. The molecule has 1 fully saturated rings. The molecule has 0 N–H and O–H groups in total. The van der Waals surface area contributed by atoms with Crippen LogP contribution in [0.1, 0.15) is 49.3 Å². The summed E-state index contributed by atoms with van der Waals surface area (Å²) in [5.74, 6) is 0. The molecule has 0 radical (unpaired) electrons. The van der Waals surface area contributed by atoms with Crippen molar-refractivity contribution in [2.45, 2.75) is 44.4 Å². The summed E-state index contributed by atoms with van der Waals surface area (Å²) in [6, 6.07) is 2.01. The fourth-order valence-corrected chi connectivity index (χ4v) is 4.76. The Labute approximate surface area is 119 Å². The maximum Gasteiger partial charge on any atom is 0.0887 e. The molecule has 1 aromatic heterocycles. The topological polar surface area (TPSA) is 0 Å². The molecule has 1 heterocycles. The Morgan fingerprint density at radius 3 is 2.50 bits per heavy atom. The molecule has 0 aliphatic heterocycles. The van der Waals surface area contributed by atoms with E-state index in [1.165, 1.54) is 37.0 Å². The lowest BCUT2D eigenvalue weighted by Gasteiger charge is -2.37. The molecule has 0 aromatic carbocycles. The van der Waals surface area contributed by atoms with Gasteiger partial charge in [0.25, 0.3) is 0 Å². The van der Waals surface area contributed by atoms with Gasteiger partial charge in [0, 0.05) is 4.88 Å². The fraction of sp³-hybridized carbons (Fsp3) is 0.667. The predicted octanol–water partition coefficient (Wildman–Crippen LogP) is 6.41. The monoisotopic (exact) mass is 340 g/mol. The van der Waals surface area contributed by atoms with Crippen molar-refractivity contribution in [3.05, 3.63) is 19.8 Å². The fourth-order valence-electron chi connectivity index (χ4n) is 2.44. The van der Waals surface area contributed by atoms with Gasteiger partial charge in [0.2, 0.25) is 0 Å². The molecular formula is C12H15BrCl2S. The average molecular weight is 342 g/mol. The van der Waals surface area contributed by atoms with E-state index < -0.39 is 0 Å². The molecule has 0 bridgehead atoms. The molecule has 1 saturated carbocycles. The van der Waals surface area contributed by atoms with Gasteiger partial charge in [-0.2, -0.15) is 0 Å². The lowest BCUT2D eigenvalue weighted by molar-refractivity contribution is 0.208. The van der Waals surface area contributed by atoms with E-state index in [0.717, 1.165) is 8.81 Å². The first-order valence-electron chi connectivity index (χ1n) is 5.62. The van der Waals surface area contributed by atoms with Gasteiger partial charge in [0.15, 0.2) is 0 Å². The second kappa shape index (κ2) is 5.17. The summed E-state index contributed by atoms with van der Waals surface area (Å²) in [4.78, 5) is 1.20. The van der Waals surface area contributed by atoms with Gasteiger partial charge in [-0.05, 0) is 40.3 Å². The molecule has 2 rings (SSSR count). The highest BCUT2D eigenvalue weighted by molar-refractivity contribution is 9.11. The van der Waals surface area contributed by atoms with E-state index in [9.17, 15) is 0 Å². The van der Waals surface area contributed by atoms with Gasteiger partial charge in [0.1, 0.15) is 0 Å². The van der Waals surface area contributed by atoms with E-state index in [4.69, 9.17) is 23.2 Å². The molecule has 16 heavy (non-hydrogen) atoms. The van der Waals surface area contributed by atoms with Gasteiger partial charge >= 0.3 is 0 Å². The summed E-state index contributed by atoms with van der Waals surface area (Å²) >= 11 is 17.8. The predicted molar refractivity (Wildman–Crippen MR) is 76.8 cm³/mol. The molecule has 90 valence electrons. The molecule has 0 nitrogen and oxygen atoms in total. The molecule has 1 aliphatic carbocycles. The molecule has 1 atom stereocenters. The van der Waals surface area contributed by atoms with E-state index in [-0.39, 0.29) is 10.8 Å².